The van der Waals surface area contributed by atoms with E-state index >= 15 is 0 Å². The molecule has 1 fully saturated rings. The quantitative estimate of drug-likeness (QED) is 0.753. The van der Waals surface area contributed by atoms with Crippen molar-refractivity contribution in [1.82, 2.24) is 0 Å². The Bertz CT molecular complexity index is 475. The van der Waals surface area contributed by atoms with E-state index in [-0.39, 0.29) is 29.4 Å². The zero-order valence-electron chi connectivity index (χ0n) is 10.1. The third kappa shape index (κ3) is 1.69. The number of benzene rings is 1. The molecule has 1 aromatic rings. The highest BCUT2D eigenvalue weighted by molar-refractivity contribution is 6.21. The largest absolute Gasteiger partial charge is 0.508 e. The molecule has 17 heavy (non-hydrogen) atoms. The Labute approximate surface area is 99.9 Å². The van der Waals surface area contributed by atoms with Gasteiger partial charge >= 0.3 is 0 Å². The van der Waals surface area contributed by atoms with Crippen LogP contribution in [0.5, 0.6) is 5.75 Å². The van der Waals surface area contributed by atoms with Gasteiger partial charge in [0.05, 0.1) is 5.69 Å². The first kappa shape index (κ1) is 11.6. The average Bonchev–Trinajstić information content (AvgIpc) is 2.48. The van der Waals surface area contributed by atoms with Crippen LogP contribution in [0.2, 0.25) is 0 Å². The number of aryl methyl sites for hydroxylation is 1. The van der Waals surface area contributed by atoms with E-state index in [0.717, 1.165) is 0 Å². The molecule has 1 aliphatic heterocycles. The lowest BCUT2D eigenvalue weighted by molar-refractivity contribution is -0.122. The van der Waals surface area contributed by atoms with Gasteiger partial charge in [-0.3, -0.25) is 14.5 Å². The number of nitrogens with zero attached hydrogens (tertiary/aromatic N) is 1. The summed E-state index contributed by atoms with van der Waals surface area (Å²) in [7, 11) is 0. The van der Waals surface area contributed by atoms with Gasteiger partial charge in [0.25, 0.3) is 0 Å². The van der Waals surface area contributed by atoms with Crippen molar-refractivity contribution in [2.75, 3.05) is 4.90 Å². The second kappa shape index (κ2) is 3.87. The lowest BCUT2D eigenvalue weighted by Gasteiger charge is -2.15. The fourth-order valence-corrected chi connectivity index (χ4v) is 1.98. The maximum atomic E-state index is 12.0. The molecular formula is C13H15NO3. The van der Waals surface area contributed by atoms with Crippen molar-refractivity contribution in [3.05, 3.63) is 23.8 Å². The summed E-state index contributed by atoms with van der Waals surface area (Å²) in [4.78, 5) is 25.1. The van der Waals surface area contributed by atoms with E-state index in [1.165, 1.54) is 11.0 Å². The second-order valence-corrected chi connectivity index (χ2v) is 4.56. The smallest absolute Gasteiger partial charge is 0.237 e. The lowest BCUT2D eigenvalue weighted by Crippen LogP contribution is -2.30. The van der Waals surface area contributed by atoms with Crippen LogP contribution in [-0.2, 0) is 9.59 Å². The number of carbonyl (C=O) groups excluding carboxylic acids is 2. The van der Waals surface area contributed by atoms with Gasteiger partial charge in [0.2, 0.25) is 11.8 Å². The number of hydrogen-bond donors (Lipinski definition) is 1. The molecule has 0 aliphatic carbocycles. The van der Waals surface area contributed by atoms with Gasteiger partial charge in [0.1, 0.15) is 5.75 Å². The number of phenols is 1. The molecule has 2 unspecified atom stereocenters. The summed E-state index contributed by atoms with van der Waals surface area (Å²) in [5.74, 6) is -0.748. The van der Waals surface area contributed by atoms with Gasteiger partial charge in [-0.15, -0.1) is 0 Å². The molecule has 1 N–H and O–H groups in total. The van der Waals surface area contributed by atoms with Gasteiger partial charge in [-0.05, 0) is 30.7 Å². The van der Waals surface area contributed by atoms with E-state index in [2.05, 4.69) is 0 Å². The minimum Gasteiger partial charge on any atom is -0.508 e. The summed E-state index contributed by atoms with van der Waals surface area (Å²) < 4.78 is 0. The molecule has 4 nitrogen and oxygen atoms in total. The van der Waals surface area contributed by atoms with Crippen molar-refractivity contribution in [2.45, 2.75) is 20.8 Å². The normalized spacial score (nSPS) is 24.5. The molecule has 1 aliphatic rings. The highest BCUT2D eigenvalue weighted by Gasteiger charge is 2.43. The molecule has 2 rings (SSSR count). The first-order valence-corrected chi connectivity index (χ1v) is 5.61. The Morgan fingerprint density at radius 2 is 1.65 bits per heavy atom. The summed E-state index contributed by atoms with van der Waals surface area (Å²) in [6.07, 6.45) is 0. The van der Waals surface area contributed by atoms with Gasteiger partial charge < -0.3 is 5.11 Å². The second-order valence-electron chi connectivity index (χ2n) is 4.56. The molecule has 2 amide bonds. The minimum absolute atomic E-state index is 0.161. The van der Waals surface area contributed by atoms with Crippen LogP contribution in [0.4, 0.5) is 5.69 Å². The minimum atomic E-state index is -0.281. The molecule has 4 heteroatoms. The van der Waals surface area contributed by atoms with Crippen molar-refractivity contribution < 1.29 is 14.7 Å². The topological polar surface area (TPSA) is 57.6 Å². The van der Waals surface area contributed by atoms with Gasteiger partial charge in [0.15, 0.2) is 0 Å². The summed E-state index contributed by atoms with van der Waals surface area (Å²) in [6, 6.07) is 4.73. The predicted molar refractivity (Wildman–Crippen MR) is 63.7 cm³/mol. The Kier molecular flexibility index (Phi) is 2.65. The van der Waals surface area contributed by atoms with Crippen LogP contribution in [-0.4, -0.2) is 16.9 Å². The molecule has 1 heterocycles. The predicted octanol–water partition coefficient (Wildman–Crippen LogP) is 1.85. The SMILES string of the molecule is Cc1cc(N2C(=O)C(C)C(C)C2=O)ccc1O. The van der Waals surface area contributed by atoms with Crippen molar-refractivity contribution in [3.63, 3.8) is 0 Å². The van der Waals surface area contributed by atoms with E-state index in [1.54, 1.807) is 32.9 Å². The maximum absolute atomic E-state index is 12.0. The van der Waals surface area contributed by atoms with Crippen LogP contribution in [0, 0.1) is 18.8 Å². The third-order valence-electron chi connectivity index (χ3n) is 3.41. The molecule has 0 spiro atoms. The standard InChI is InChI=1S/C13H15NO3/c1-7-6-10(4-5-11(7)15)14-12(16)8(2)9(3)13(14)17/h4-6,8-9,15H,1-3H3. The van der Waals surface area contributed by atoms with Crippen LogP contribution >= 0.6 is 0 Å². The third-order valence-corrected chi connectivity index (χ3v) is 3.41. The van der Waals surface area contributed by atoms with E-state index in [9.17, 15) is 14.7 Å². The lowest BCUT2D eigenvalue weighted by atomic mass is 10.00. The zero-order chi connectivity index (χ0) is 12.7. The Hall–Kier alpha value is -1.84. The summed E-state index contributed by atoms with van der Waals surface area (Å²) in [6.45, 7) is 5.26. The number of carbonyl (C=O) groups is 2. The van der Waals surface area contributed by atoms with Crippen LogP contribution < -0.4 is 4.90 Å². The number of amides is 2. The Morgan fingerprint density at radius 3 is 2.12 bits per heavy atom. The molecule has 0 radical (unpaired) electrons. The molecule has 2 atom stereocenters. The molecule has 1 saturated heterocycles. The average molecular weight is 233 g/mol. The fourth-order valence-electron chi connectivity index (χ4n) is 1.98. The zero-order valence-corrected chi connectivity index (χ0v) is 10.1. The van der Waals surface area contributed by atoms with E-state index in [0.29, 0.717) is 11.3 Å². The summed E-state index contributed by atoms with van der Waals surface area (Å²) in [5, 5.41) is 9.43. The van der Waals surface area contributed by atoms with Gasteiger partial charge in [-0.2, -0.15) is 0 Å². The number of imide groups is 1. The molecule has 1 aromatic carbocycles. The Balaban J connectivity index is 2.43. The number of rotatable bonds is 1. The molecule has 0 saturated carbocycles. The van der Waals surface area contributed by atoms with Crippen molar-refractivity contribution >= 4 is 17.5 Å². The Morgan fingerprint density at radius 1 is 1.12 bits per heavy atom. The van der Waals surface area contributed by atoms with Crippen LogP contribution in [0.25, 0.3) is 0 Å². The monoisotopic (exact) mass is 233 g/mol. The molecule has 0 bridgehead atoms. The van der Waals surface area contributed by atoms with E-state index in [4.69, 9.17) is 0 Å². The van der Waals surface area contributed by atoms with Crippen molar-refractivity contribution in [1.29, 1.82) is 0 Å². The van der Waals surface area contributed by atoms with E-state index < -0.39 is 0 Å². The first-order valence-electron chi connectivity index (χ1n) is 5.61. The van der Waals surface area contributed by atoms with Gasteiger partial charge in [-0.1, -0.05) is 13.8 Å². The number of anilines is 1. The highest BCUT2D eigenvalue weighted by atomic mass is 16.3. The van der Waals surface area contributed by atoms with Crippen LogP contribution in [0.1, 0.15) is 19.4 Å². The van der Waals surface area contributed by atoms with Gasteiger partial charge in [-0.25, -0.2) is 0 Å². The number of phenolic OH excluding ortho intramolecular Hbond substituents is 1. The maximum Gasteiger partial charge on any atom is 0.237 e. The highest BCUT2D eigenvalue weighted by Crippen LogP contribution is 2.32. The number of hydrogen-bond acceptors (Lipinski definition) is 3. The molecular weight excluding hydrogens is 218 g/mol. The number of aromatic hydroxyl groups is 1. The van der Waals surface area contributed by atoms with Crippen LogP contribution in [0.3, 0.4) is 0 Å². The fraction of sp³-hybridized carbons (Fsp3) is 0.385. The molecule has 90 valence electrons. The van der Waals surface area contributed by atoms with Crippen LogP contribution in [0.15, 0.2) is 18.2 Å². The van der Waals surface area contributed by atoms with Crippen molar-refractivity contribution in [3.8, 4) is 5.75 Å². The van der Waals surface area contributed by atoms with E-state index in [1.807, 2.05) is 0 Å². The van der Waals surface area contributed by atoms with Gasteiger partial charge in [0, 0.05) is 11.8 Å². The summed E-state index contributed by atoms with van der Waals surface area (Å²) in [5.41, 5.74) is 1.18. The molecule has 0 aromatic heterocycles. The van der Waals surface area contributed by atoms with Crippen molar-refractivity contribution in [2.24, 2.45) is 11.8 Å². The first-order chi connectivity index (χ1) is 7.93. The summed E-state index contributed by atoms with van der Waals surface area (Å²) >= 11 is 0.